The number of para-hydroxylation sites is 1. The first-order valence-electron chi connectivity index (χ1n) is 11.2. The average molecular weight is 453 g/mol. The van der Waals surface area contributed by atoms with Crippen LogP contribution in [0.5, 0.6) is 0 Å². The Kier molecular flexibility index (Phi) is 6.25. The summed E-state index contributed by atoms with van der Waals surface area (Å²) in [5, 5.41) is 1.96. The Morgan fingerprint density at radius 1 is 0.781 bits per heavy atom. The fourth-order valence-corrected chi connectivity index (χ4v) is 5.36. The molecule has 2 aromatic rings. The normalized spacial score (nSPS) is 20.6. The second kappa shape index (κ2) is 9.44. The predicted octanol–water partition coefficient (Wildman–Crippen LogP) is 1.98. The highest BCUT2D eigenvalue weighted by Crippen LogP contribution is 2.34. The Bertz CT molecular complexity index is 978. The first kappa shape index (κ1) is 21.2. The first-order chi connectivity index (χ1) is 15.7. The number of piperazine rings is 1. The molecule has 2 saturated heterocycles. The van der Waals surface area contributed by atoms with Crippen molar-refractivity contribution in [3.63, 3.8) is 0 Å². The van der Waals surface area contributed by atoms with E-state index in [0.29, 0.717) is 37.6 Å². The Labute approximate surface area is 192 Å². The van der Waals surface area contributed by atoms with Gasteiger partial charge in [-0.05, 0) is 23.6 Å². The summed E-state index contributed by atoms with van der Waals surface area (Å²) in [7, 11) is 0. The maximum absolute atomic E-state index is 13.5. The molecule has 8 heteroatoms. The van der Waals surface area contributed by atoms with Gasteiger partial charge in [-0.3, -0.25) is 19.4 Å². The minimum absolute atomic E-state index is 0.153. The fourth-order valence-electron chi connectivity index (χ4n) is 4.60. The minimum Gasteiger partial charge on any atom is -0.379 e. The highest BCUT2D eigenvalue weighted by molar-refractivity contribution is 7.11. The lowest BCUT2D eigenvalue weighted by Gasteiger charge is -2.37. The molecular weight excluding hydrogens is 424 g/mol. The van der Waals surface area contributed by atoms with Crippen molar-refractivity contribution in [3.05, 3.63) is 58.4 Å². The molecule has 0 aliphatic carbocycles. The van der Waals surface area contributed by atoms with Crippen LogP contribution in [0.3, 0.4) is 0 Å². The maximum Gasteiger partial charge on any atom is 0.277 e. The van der Waals surface area contributed by atoms with Crippen LogP contribution in [0.4, 0.5) is 5.69 Å². The van der Waals surface area contributed by atoms with E-state index in [2.05, 4.69) is 26.8 Å². The number of imide groups is 1. The van der Waals surface area contributed by atoms with Crippen molar-refractivity contribution in [2.45, 2.75) is 0 Å². The summed E-state index contributed by atoms with van der Waals surface area (Å²) in [4.78, 5) is 35.9. The Balaban J connectivity index is 1.34. The van der Waals surface area contributed by atoms with Gasteiger partial charge in [0, 0.05) is 62.9 Å². The van der Waals surface area contributed by atoms with Gasteiger partial charge in [0.25, 0.3) is 11.8 Å². The van der Waals surface area contributed by atoms with Crippen molar-refractivity contribution in [3.8, 4) is 0 Å². The number of amides is 2. The van der Waals surface area contributed by atoms with E-state index in [1.165, 1.54) is 21.9 Å². The number of morpholine rings is 1. The number of hydrogen-bond donors (Lipinski definition) is 0. The predicted molar refractivity (Wildman–Crippen MR) is 125 cm³/mol. The van der Waals surface area contributed by atoms with E-state index < -0.39 is 0 Å². The van der Waals surface area contributed by atoms with Gasteiger partial charge in [-0.2, -0.15) is 0 Å². The van der Waals surface area contributed by atoms with Crippen molar-refractivity contribution >= 4 is 34.4 Å². The molecule has 0 bridgehead atoms. The number of thiophene rings is 1. The van der Waals surface area contributed by atoms with Crippen molar-refractivity contribution in [1.29, 1.82) is 0 Å². The van der Waals surface area contributed by atoms with Gasteiger partial charge in [0.1, 0.15) is 5.70 Å². The van der Waals surface area contributed by atoms with Crippen LogP contribution in [0.2, 0.25) is 0 Å². The molecule has 0 spiro atoms. The standard InChI is InChI=1S/C24H28N4O3S/c29-23-21(20-7-4-18-32-20)22(24(30)28(23)13-8-25-14-16-31-17-15-25)27-11-9-26(10-12-27)19-5-2-1-3-6-19/h1-7,18H,8-17H2. The molecule has 1 aromatic heterocycles. The van der Waals surface area contributed by atoms with Crippen LogP contribution < -0.4 is 4.90 Å². The molecule has 1 aromatic carbocycles. The monoisotopic (exact) mass is 452 g/mol. The molecule has 0 radical (unpaired) electrons. The van der Waals surface area contributed by atoms with Crippen molar-refractivity contribution in [2.24, 2.45) is 0 Å². The number of hydrogen-bond acceptors (Lipinski definition) is 7. The van der Waals surface area contributed by atoms with Crippen molar-refractivity contribution < 1.29 is 14.3 Å². The molecule has 5 rings (SSSR count). The molecular formula is C24H28N4O3S. The average Bonchev–Trinajstić information content (AvgIpc) is 3.45. The van der Waals surface area contributed by atoms with E-state index in [1.807, 2.05) is 35.7 Å². The highest BCUT2D eigenvalue weighted by Gasteiger charge is 2.42. The molecule has 2 amide bonds. The summed E-state index contributed by atoms with van der Waals surface area (Å²) in [5.74, 6) is -0.314. The molecule has 0 saturated carbocycles. The number of carbonyl (C=O) groups excluding carboxylic acids is 2. The Morgan fingerprint density at radius 2 is 1.50 bits per heavy atom. The van der Waals surface area contributed by atoms with Crippen LogP contribution >= 0.6 is 11.3 Å². The zero-order valence-electron chi connectivity index (χ0n) is 18.1. The van der Waals surface area contributed by atoms with Gasteiger partial charge in [-0.1, -0.05) is 24.3 Å². The lowest BCUT2D eigenvalue weighted by molar-refractivity contribution is -0.138. The van der Waals surface area contributed by atoms with Crippen molar-refractivity contribution in [2.75, 3.05) is 70.5 Å². The lowest BCUT2D eigenvalue weighted by Crippen LogP contribution is -2.48. The lowest BCUT2D eigenvalue weighted by atomic mass is 10.1. The third-order valence-electron chi connectivity index (χ3n) is 6.37. The smallest absolute Gasteiger partial charge is 0.277 e. The topological polar surface area (TPSA) is 56.3 Å². The summed E-state index contributed by atoms with van der Waals surface area (Å²) in [6, 6.07) is 14.2. The van der Waals surface area contributed by atoms with Gasteiger partial charge < -0.3 is 14.5 Å². The number of ether oxygens (including phenoxy) is 1. The van der Waals surface area contributed by atoms with Crippen LogP contribution in [0.1, 0.15) is 4.88 Å². The van der Waals surface area contributed by atoms with Crippen LogP contribution in [0, 0.1) is 0 Å². The second-order valence-electron chi connectivity index (χ2n) is 8.23. The molecule has 3 aliphatic rings. The molecule has 3 aliphatic heterocycles. The van der Waals surface area contributed by atoms with Gasteiger partial charge >= 0.3 is 0 Å². The van der Waals surface area contributed by atoms with E-state index in [9.17, 15) is 9.59 Å². The van der Waals surface area contributed by atoms with Crippen LogP contribution in [-0.4, -0.2) is 92.1 Å². The number of rotatable bonds is 6. The zero-order chi connectivity index (χ0) is 21.9. The highest BCUT2D eigenvalue weighted by atomic mass is 32.1. The number of anilines is 1. The summed E-state index contributed by atoms with van der Waals surface area (Å²) in [6.07, 6.45) is 0. The number of benzene rings is 1. The largest absolute Gasteiger partial charge is 0.379 e. The van der Waals surface area contributed by atoms with Crippen molar-refractivity contribution in [1.82, 2.24) is 14.7 Å². The van der Waals surface area contributed by atoms with E-state index in [1.54, 1.807) is 0 Å². The third-order valence-corrected chi connectivity index (χ3v) is 7.26. The van der Waals surface area contributed by atoms with Gasteiger partial charge in [0.2, 0.25) is 0 Å². The van der Waals surface area contributed by atoms with Gasteiger partial charge in [0.05, 0.1) is 18.8 Å². The van der Waals surface area contributed by atoms with Gasteiger partial charge in [0.15, 0.2) is 0 Å². The summed E-state index contributed by atoms with van der Waals surface area (Å²) in [5.41, 5.74) is 2.34. The van der Waals surface area contributed by atoms with Gasteiger partial charge in [-0.25, -0.2) is 0 Å². The second-order valence-corrected chi connectivity index (χ2v) is 9.17. The van der Waals surface area contributed by atoms with E-state index in [0.717, 1.165) is 44.1 Å². The molecule has 0 atom stereocenters. The Morgan fingerprint density at radius 3 is 2.19 bits per heavy atom. The van der Waals surface area contributed by atoms with Gasteiger partial charge in [-0.15, -0.1) is 11.3 Å². The molecule has 2 fully saturated rings. The molecule has 7 nitrogen and oxygen atoms in total. The molecule has 168 valence electrons. The quantitative estimate of drug-likeness (QED) is 0.625. The first-order valence-corrected chi connectivity index (χ1v) is 12.1. The van der Waals surface area contributed by atoms with Crippen LogP contribution in [0.15, 0.2) is 53.5 Å². The molecule has 32 heavy (non-hydrogen) atoms. The van der Waals surface area contributed by atoms with Crippen LogP contribution in [0.25, 0.3) is 5.57 Å². The zero-order valence-corrected chi connectivity index (χ0v) is 18.9. The number of nitrogens with zero attached hydrogens (tertiary/aromatic N) is 4. The molecule has 0 N–H and O–H groups in total. The van der Waals surface area contributed by atoms with E-state index in [4.69, 9.17) is 4.74 Å². The maximum atomic E-state index is 13.5. The molecule has 0 unspecified atom stereocenters. The minimum atomic E-state index is -0.161. The third kappa shape index (κ3) is 4.18. The fraction of sp³-hybridized carbons (Fsp3) is 0.417. The van der Waals surface area contributed by atoms with E-state index in [-0.39, 0.29) is 11.8 Å². The summed E-state index contributed by atoms with van der Waals surface area (Å²) < 4.78 is 5.41. The van der Waals surface area contributed by atoms with Crippen LogP contribution in [-0.2, 0) is 14.3 Å². The molecule has 4 heterocycles. The summed E-state index contributed by atoms with van der Waals surface area (Å²) >= 11 is 1.52. The SMILES string of the molecule is O=C1C(c2cccs2)=C(N2CCN(c3ccccc3)CC2)C(=O)N1CCN1CCOCC1. The van der Waals surface area contributed by atoms with E-state index >= 15 is 0 Å². The summed E-state index contributed by atoms with van der Waals surface area (Å²) in [6.45, 7) is 7.28. The Hall–Kier alpha value is -2.68. The number of carbonyl (C=O) groups is 2.